The Labute approximate surface area is 113 Å². The molecule has 3 amide bonds. The lowest BCUT2D eigenvalue weighted by molar-refractivity contribution is -0.128. The number of rotatable bonds is 4. The molecule has 1 N–H and O–H groups in total. The Kier molecular flexibility index (Phi) is 3.25. The molecule has 19 heavy (non-hydrogen) atoms. The van der Waals surface area contributed by atoms with Crippen LogP contribution in [0.1, 0.15) is 39.5 Å². The maximum absolute atomic E-state index is 12.1. The molecule has 0 radical (unpaired) electrons. The van der Waals surface area contributed by atoms with E-state index in [1.54, 1.807) is 0 Å². The highest BCUT2D eigenvalue weighted by Crippen LogP contribution is 2.40. The number of nitrogens with one attached hydrogen (secondary N) is 1. The first-order chi connectivity index (χ1) is 9.06. The summed E-state index contributed by atoms with van der Waals surface area (Å²) in [5, 5.41) is 2.77. The van der Waals surface area contributed by atoms with Gasteiger partial charge in [0.2, 0.25) is 0 Å². The van der Waals surface area contributed by atoms with E-state index in [-0.39, 0.29) is 23.9 Å². The summed E-state index contributed by atoms with van der Waals surface area (Å²) < 4.78 is 5.81. The number of carbonyl (C=O) groups excluding carboxylic acids is 2. The van der Waals surface area contributed by atoms with Crippen molar-refractivity contribution in [2.45, 2.75) is 57.8 Å². The maximum Gasteiger partial charge on any atom is 0.324 e. The topological polar surface area (TPSA) is 58.6 Å². The molecule has 106 valence electrons. The average molecular weight is 266 g/mol. The molecule has 0 aromatic heterocycles. The minimum Gasteiger partial charge on any atom is -0.375 e. The third-order valence-electron chi connectivity index (χ3n) is 4.68. The lowest BCUT2D eigenvalue weighted by Gasteiger charge is -2.21. The van der Waals surface area contributed by atoms with Crippen LogP contribution < -0.4 is 5.32 Å². The van der Waals surface area contributed by atoms with Gasteiger partial charge in [0.15, 0.2) is 0 Å². The number of fused-ring (bicyclic) bond motifs is 2. The standard InChI is InChI=1S/C14H22N2O3/c1-8(2)12-13(17)16(14(18)15-12)6-5-9-7-10-3-4-11(9)19-10/h8-12H,3-7H2,1-2H3,(H,15,18). The fourth-order valence-electron chi connectivity index (χ4n) is 3.55. The van der Waals surface area contributed by atoms with E-state index in [2.05, 4.69) is 5.32 Å². The highest BCUT2D eigenvalue weighted by Gasteiger charge is 2.43. The van der Waals surface area contributed by atoms with Gasteiger partial charge in [-0.1, -0.05) is 13.8 Å². The van der Waals surface area contributed by atoms with Crippen molar-refractivity contribution in [3.63, 3.8) is 0 Å². The second kappa shape index (κ2) is 4.78. The third kappa shape index (κ3) is 2.24. The second-order valence-electron chi connectivity index (χ2n) is 6.32. The second-order valence-corrected chi connectivity index (χ2v) is 6.32. The summed E-state index contributed by atoms with van der Waals surface area (Å²) in [6.45, 7) is 4.44. The summed E-state index contributed by atoms with van der Waals surface area (Å²) in [6.07, 6.45) is 5.10. The van der Waals surface area contributed by atoms with Gasteiger partial charge in [0.25, 0.3) is 5.91 Å². The Morgan fingerprint density at radius 1 is 1.37 bits per heavy atom. The fraction of sp³-hybridized carbons (Fsp3) is 0.857. The number of amides is 3. The number of nitrogens with zero attached hydrogens (tertiary/aromatic N) is 1. The van der Waals surface area contributed by atoms with Crippen molar-refractivity contribution < 1.29 is 14.3 Å². The Morgan fingerprint density at radius 2 is 2.16 bits per heavy atom. The summed E-state index contributed by atoms with van der Waals surface area (Å²) in [4.78, 5) is 25.3. The summed E-state index contributed by atoms with van der Waals surface area (Å²) >= 11 is 0. The van der Waals surface area contributed by atoms with Crippen LogP contribution in [0, 0.1) is 11.8 Å². The van der Waals surface area contributed by atoms with Crippen LogP contribution in [0.2, 0.25) is 0 Å². The molecule has 3 aliphatic rings. The van der Waals surface area contributed by atoms with Crippen LogP contribution in [0.3, 0.4) is 0 Å². The number of urea groups is 1. The van der Waals surface area contributed by atoms with Gasteiger partial charge in [0.1, 0.15) is 6.04 Å². The molecule has 0 aliphatic carbocycles. The van der Waals surface area contributed by atoms with E-state index in [1.165, 1.54) is 11.3 Å². The first-order valence-corrected chi connectivity index (χ1v) is 7.33. The van der Waals surface area contributed by atoms with Gasteiger partial charge in [-0.15, -0.1) is 0 Å². The Balaban J connectivity index is 1.55. The van der Waals surface area contributed by atoms with Gasteiger partial charge >= 0.3 is 6.03 Å². The van der Waals surface area contributed by atoms with Gasteiger partial charge < -0.3 is 10.1 Å². The van der Waals surface area contributed by atoms with E-state index in [0.717, 1.165) is 19.3 Å². The average Bonchev–Trinajstić information content (AvgIpc) is 3.03. The molecule has 3 saturated heterocycles. The zero-order valence-electron chi connectivity index (χ0n) is 11.6. The molecule has 4 atom stereocenters. The fourth-order valence-corrected chi connectivity index (χ4v) is 3.55. The van der Waals surface area contributed by atoms with Crippen molar-refractivity contribution in [2.24, 2.45) is 11.8 Å². The third-order valence-corrected chi connectivity index (χ3v) is 4.68. The molecule has 0 spiro atoms. The molecule has 0 aromatic rings. The summed E-state index contributed by atoms with van der Waals surface area (Å²) in [6, 6.07) is -0.573. The van der Waals surface area contributed by atoms with Crippen molar-refractivity contribution in [2.75, 3.05) is 6.54 Å². The molecular formula is C14H22N2O3. The molecule has 3 aliphatic heterocycles. The van der Waals surface area contributed by atoms with E-state index >= 15 is 0 Å². The van der Waals surface area contributed by atoms with Crippen LogP contribution in [-0.4, -0.2) is 41.6 Å². The molecular weight excluding hydrogens is 244 g/mol. The number of ether oxygens (including phenoxy) is 1. The molecule has 2 bridgehead atoms. The van der Waals surface area contributed by atoms with Crippen LogP contribution in [0.5, 0.6) is 0 Å². The van der Waals surface area contributed by atoms with Crippen molar-refractivity contribution in [3.05, 3.63) is 0 Å². The van der Waals surface area contributed by atoms with Crippen molar-refractivity contribution in [1.82, 2.24) is 10.2 Å². The van der Waals surface area contributed by atoms with E-state index in [9.17, 15) is 9.59 Å². The molecule has 5 heteroatoms. The first kappa shape index (κ1) is 12.9. The number of imide groups is 1. The minimum absolute atomic E-state index is 0.0657. The Hall–Kier alpha value is -1.10. The van der Waals surface area contributed by atoms with Gasteiger partial charge in [0, 0.05) is 6.54 Å². The minimum atomic E-state index is -0.344. The van der Waals surface area contributed by atoms with Crippen LogP contribution in [0.4, 0.5) is 4.79 Å². The normalized spacial score (nSPS) is 37.5. The summed E-state index contributed by atoms with van der Waals surface area (Å²) in [5.74, 6) is 0.605. The van der Waals surface area contributed by atoms with E-state index in [1.807, 2.05) is 13.8 Å². The van der Waals surface area contributed by atoms with Crippen LogP contribution in [0.15, 0.2) is 0 Å². The molecule has 5 nitrogen and oxygen atoms in total. The molecule has 0 saturated carbocycles. The summed E-state index contributed by atoms with van der Waals surface area (Å²) in [5.41, 5.74) is 0. The number of hydrogen-bond acceptors (Lipinski definition) is 3. The zero-order valence-corrected chi connectivity index (χ0v) is 11.6. The predicted molar refractivity (Wildman–Crippen MR) is 69.5 cm³/mol. The van der Waals surface area contributed by atoms with E-state index < -0.39 is 0 Å². The smallest absolute Gasteiger partial charge is 0.324 e. The highest BCUT2D eigenvalue weighted by molar-refractivity contribution is 6.04. The molecule has 3 fully saturated rings. The van der Waals surface area contributed by atoms with Crippen molar-refractivity contribution >= 4 is 11.9 Å². The Morgan fingerprint density at radius 3 is 2.68 bits per heavy atom. The zero-order chi connectivity index (χ0) is 13.6. The van der Waals surface area contributed by atoms with Crippen LogP contribution >= 0.6 is 0 Å². The van der Waals surface area contributed by atoms with Gasteiger partial charge in [0.05, 0.1) is 12.2 Å². The van der Waals surface area contributed by atoms with Crippen molar-refractivity contribution in [3.8, 4) is 0 Å². The molecule has 0 aromatic carbocycles. The molecule has 4 unspecified atom stereocenters. The lowest BCUT2D eigenvalue weighted by Crippen LogP contribution is -2.35. The number of hydrogen-bond donors (Lipinski definition) is 1. The van der Waals surface area contributed by atoms with E-state index in [4.69, 9.17) is 4.74 Å². The van der Waals surface area contributed by atoms with Gasteiger partial charge in [-0.25, -0.2) is 4.79 Å². The van der Waals surface area contributed by atoms with Gasteiger partial charge in [-0.05, 0) is 37.5 Å². The quantitative estimate of drug-likeness (QED) is 0.785. The predicted octanol–water partition coefficient (Wildman–Crippen LogP) is 1.52. The maximum atomic E-state index is 12.1. The van der Waals surface area contributed by atoms with Gasteiger partial charge in [-0.3, -0.25) is 9.69 Å². The lowest BCUT2D eigenvalue weighted by atomic mass is 9.87. The number of carbonyl (C=O) groups is 2. The van der Waals surface area contributed by atoms with Crippen molar-refractivity contribution in [1.29, 1.82) is 0 Å². The highest BCUT2D eigenvalue weighted by atomic mass is 16.5. The molecule has 3 rings (SSSR count). The van der Waals surface area contributed by atoms with Gasteiger partial charge in [-0.2, -0.15) is 0 Å². The van der Waals surface area contributed by atoms with Crippen LogP contribution in [0.25, 0.3) is 0 Å². The largest absolute Gasteiger partial charge is 0.375 e. The monoisotopic (exact) mass is 266 g/mol. The SMILES string of the molecule is CC(C)C1NC(=O)N(CCC2CC3CCC2O3)C1=O. The molecule has 3 heterocycles. The first-order valence-electron chi connectivity index (χ1n) is 7.33. The Bertz CT molecular complexity index is 396. The van der Waals surface area contributed by atoms with Crippen LogP contribution in [-0.2, 0) is 9.53 Å². The summed E-state index contributed by atoms with van der Waals surface area (Å²) in [7, 11) is 0. The van der Waals surface area contributed by atoms with E-state index in [0.29, 0.717) is 24.7 Å².